The van der Waals surface area contributed by atoms with Gasteiger partial charge in [0.15, 0.2) is 0 Å². The van der Waals surface area contributed by atoms with E-state index in [2.05, 4.69) is 15.3 Å². The Bertz CT molecular complexity index is 451. The molecule has 3 heterocycles. The Hall–Kier alpha value is -0.810. The molecule has 0 aromatic carbocycles. The molecule has 1 aromatic rings. The zero-order chi connectivity index (χ0) is 11.0. The Morgan fingerprint density at radius 2 is 2.31 bits per heavy atom. The summed E-state index contributed by atoms with van der Waals surface area (Å²) in [5.41, 5.74) is 3.15. The molecule has 0 spiro atoms. The van der Waals surface area contributed by atoms with Crippen LogP contribution in [0.25, 0.3) is 0 Å². The minimum atomic E-state index is -0.187. The number of nitrogens with zero attached hydrogens (tertiary/aromatic N) is 1. The van der Waals surface area contributed by atoms with Gasteiger partial charge in [-0.1, -0.05) is 0 Å². The van der Waals surface area contributed by atoms with E-state index >= 15 is 0 Å². The zero-order valence-corrected chi connectivity index (χ0v) is 9.90. The first-order valence-electron chi connectivity index (χ1n) is 5.75. The van der Waals surface area contributed by atoms with Gasteiger partial charge in [-0.15, -0.1) is 0 Å². The SMILES string of the molecule is O=c1nc(C2CCCSC2)c2c([nH]1)CNC2. The van der Waals surface area contributed by atoms with E-state index in [1.807, 2.05) is 11.8 Å². The molecule has 1 saturated heterocycles. The average Bonchev–Trinajstić information content (AvgIpc) is 2.77. The lowest BCUT2D eigenvalue weighted by molar-refractivity contribution is 0.629. The lowest BCUT2D eigenvalue weighted by Gasteiger charge is -2.22. The van der Waals surface area contributed by atoms with E-state index in [1.54, 1.807) is 0 Å². The van der Waals surface area contributed by atoms with Crippen LogP contribution in [-0.2, 0) is 13.1 Å². The second kappa shape index (κ2) is 4.22. The highest BCUT2D eigenvalue weighted by Crippen LogP contribution is 2.32. The highest BCUT2D eigenvalue weighted by Gasteiger charge is 2.24. The molecule has 0 aliphatic carbocycles. The van der Waals surface area contributed by atoms with Gasteiger partial charge in [0.1, 0.15) is 0 Å². The summed E-state index contributed by atoms with van der Waals surface area (Å²) in [4.78, 5) is 18.5. The largest absolute Gasteiger partial charge is 0.345 e. The fraction of sp³-hybridized carbons (Fsp3) is 0.636. The molecule has 2 N–H and O–H groups in total. The summed E-state index contributed by atoms with van der Waals surface area (Å²) < 4.78 is 0. The summed E-state index contributed by atoms with van der Waals surface area (Å²) in [6.45, 7) is 1.63. The van der Waals surface area contributed by atoms with Gasteiger partial charge in [-0.25, -0.2) is 4.79 Å². The van der Waals surface area contributed by atoms with E-state index in [4.69, 9.17) is 0 Å². The van der Waals surface area contributed by atoms with Crippen LogP contribution in [0.15, 0.2) is 4.79 Å². The highest BCUT2D eigenvalue weighted by molar-refractivity contribution is 7.99. The number of rotatable bonds is 1. The Morgan fingerprint density at radius 3 is 3.12 bits per heavy atom. The van der Waals surface area contributed by atoms with E-state index < -0.39 is 0 Å². The second-order valence-corrected chi connectivity index (χ2v) is 5.55. The molecule has 2 aliphatic heterocycles. The molecule has 0 bridgehead atoms. The standard InChI is InChI=1S/C11H15N3OS/c15-11-13-9-5-12-4-8(9)10(14-11)7-2-1-3-16-6-7/h7,12H,1-6H2,(H,13,14,15). The second-order valence-electron chi connectivity index (χ2n) is 4.40. The molecular weight excluding hydrogens is 222 g/mol. The zero-order valence-electron chi connectivity index (χ0n) is 9.08. The van der Waals surface area contributed by atoms with Gasteiger partial charge >= 0.3 is 5.69 Å². The number of nitrogens with one attached hydrogen (secondary N) is 2. The van der Waals surface area contributed by atoms with Crippen molar-refractivity contribution in [2.45, 2.75) is 31.8 Å². The molecule has 0 radical (unpaired) electrons. The lowest BCUT2D eigenvalue weighted by atomic mass is 9.97. The normalized spacial score (nSPS) is 24.4. The fourth-order valence-electron chi connectivity index (χ4n) is 2.52. The van der Waals surface area contributed by atoms with Crippen LogP contribution in [0.4, 0.5) is 0 Å². The molecule has 1 unspecified atom stereocenters. The molecule has 0 saturated carbocycles. The van der Waals surface area contributed by atoms with Crippen LogP contribution in [0.5, 0.6) is 0 Å². The summed E-state index contributed by atoms with van der Waals surface area (Å²) >= 11 is 1.98. The number of hydrogen-bond acceptors (Lipinski definition) is 4. The molecule has 0 amide bonds. The summed E-state index contributed by atoms with van der Waals surface area (Å²) in [6.07, 6.45) is 2.42. The van der Waals surface area contributed by atoms with Crippen molar-refractivity contribution in [3.63, 3.8) is 0 Å². The summed E-state index contributed by atoms with van der Waals surface area (Å²) in [6, 6.07) is 0. The van der Waals surface area contributed by atoms with E-state index in [1.165, 1.54) is 24.2 Å². The molecule has 3 rings (SSSR count). The van der Waals surface area contributed by atoms with Crippen LogP contribution in [0.1, 0.15) is 35.7 Å². The third-order valence-corrected chi connectivity index (χ3v) is 4.52. The van der Waals surface area contributed by atoms with Crippen LogP contribution >= 0.6 is 11.8 Å². The number of aromatic amines is 1. The van der Waals surface area contributed by atoms with Crippen molar-refractivity contribution in [1.29, 1.82) is 0 Å². The van der Waals surface area contributed by atoms with Crippen molar-refractivity contribution in [3.8, 4) is 0 Å². The fourth-order valence-corrected chi connectivity index (χ4v) is 3.67. The smallest absolute Gasteiger partial charge is 0.308 e. The minimum Gasteiger partial charge on any atom is -0.308 e. The summed E-state index contributed by atoms with van der Waals surface area (Å²) in [7, 11) is 0. The first kappa shape index (κ1) is 10.4. The van der Waals surface area contributed by atoms with Gasteiger partial charge in [0.05, 0.1) is 5.69 Å². The topological polar surface area (TPSA) is 57.8 Å². The van der Waals surface area contributed by atoms with Gasteiger partial charge in [-0.2, -0.15) is 16.7 Å². The van der Waals surface area contributed by atoms with E-state index in [-0.39, 0.29) is 5.69 Å². The number of thioether (sulfide) groups is 1. The summed E-state index contributed by atoms with van der Waals surface area (Å²) in [5.74, 6) is 2.85. The van der Waals surface area contributed by atoms with Crippen molar-refractivity contribution in [2.75, 3.05) is 11.5 Å². The quantitative estimate of drug-likeness (QED) is 0.764. The van der Waals surface area contributed by atoms with Crippen LogP contribution in [0.2, 0.25) is 0 Å². The molecular formula is C11H15N3OS. The highest BCUT2D eigenvalue weighted by atomic mass is 32.2. The van der Waals surface area contributed by atoms with E-state index in [0.29, 0.717) is 5.92 Å². The maximum atomic E-state index is 11.5. The van der Waals surface area contributed by atoms with Crippen LogP contribution in [0.3, 0.4) is 0 Å². The third kappa shape index (κ3) is 1.78. The van der Waals surface area contributed by atoms with Crippen molar-refractivity contribution >= 4 is 11.8 Å². The first-order chi connectivity index (χ1) is 7.84. The van der Waals surface area contributed by atoms with Crippen LogP contribution in [-0.4, -0.2) is 21.5 Å². The predicted molar refractivity (Wildman–Crippen MR) is 64.7 cm³/mol. The molecule has 86 valence electrons. The van der Waals surface area contributed by atoms with E-state index in [0.717, 1.165) is 30.2 Å². The van der Waals surface area contributed by atoms with Gasteiger partial charge in [0.25, 0.3) is 0 Å². The van der Waals surface area contributed by atoms with Gasteiger partial charge in [-0.05, 0) is 18.6 Å². The number of aromatic nitrogens is 2. The summed E-state index contributed by atoms with van der Waals surface area (Å²) in [5, 5.41) is 3.28. The molecule has 5 heteroatoms. The lowest BCUT2D eigenvalue weighted by Crippen LogP contribution is -2.21. The average molecular weight is 237 g/mol. The van der Waals surface area contributed by atoms with Crippen molar-refractivity contribution in [3.05, 3.63) is 27.4 Å². The molecule has 4 nitrogen and oxygen atoms in total. The Morgan fingerprint density at radius 1 is 1.38 bits per heavy atom. The first-order valence-corrected chi connectivity index (χ1v) is 6.90. The van der Waals surface area contributed by atoms with Crippen molar-refractivity contribution < 1.29 is 0 Å². The molecule has 1 aromatic heterocycles. The number of fused-ring (bicyclic) bond motifs is 1. The van der Waals surface area contributed by atoms with Gasteiger partial charge in [-0.3, -0.25) is 0 Å². The maximum Gasteiger partial charge on any atom is 0.345 e. The molecule has 16 heavy (non-hydrogen) atoms. The third-order valence-electron chi connectivity index (χ3n) is 3.30. The van der Waals surface area contributed by atoms with Crippen LogP contribution < -0.4 is 11.0 Å². The Kier molecular flexibility index (Phi) is 2.73. The van der Waals surface area contributed by atoms with Gasteiger partial charge in [0, 0.05) is 36.0 Å². The van der Waals surface area contributed by atoms with E-state index in [9.17, 15) is 4.79 Å². The predicted octanol–water partition coefficient (Wildman–Crippen LogP) is 0.984. The Balaban J connectivity index is 2.02. The minimum absolute atomic E-state index is 0.187. The maximum absolute atomic E-state index is 11.5. The van der Waals surface area contributed by atoms with Gasteiger partial charge in [0.2, 0.25) is 0 Å². The molecule has 1 fully saturated rings. The monoisotopic (exact) mass is 237 g/mol. The van der Waals surface area contributed by atoms with Gasteiger partial charge < -0.3 is 10.3 Å². The van der Waals surface area contributed by atoms with Crippen molar-refractivity contribution in [2.24, 2.45) is 0 Å². The number of H-pyrrole nitrogens is 1. The Labute approximate surface area is 98.2 Å². The van der Waals surface area contributed by atoms with Crippen molar-refractivity contribution in [1.82, 2.24) is 15.3 Å². The molecule has 1 atom stereocenters. The number of hydrogen-bond donors (Lipinski definition) is 2. The molecule has 2 aliphatic rings. The van der Waals surface area contributed by atoms with Crippen LogP contribution in [0, 0.1) is 0 Å².